The Kier molecular flexibility index (Phi) is 2.64. The van der Waals surface area contributed by atoms with Crippen molar-refractivity contribution in [3.05, 3.63) is 0 Å². The number of ether oxygens (including phenoxy) is 2. The summed E-state index contributed by atoms with van der Waals surface area (Å²) >= 11 is 0. The molecule has 0 aromatic carbocycles. The Hall–Kier alpha value is -0.450. The van der Waals surface area contributed by atoms with Gasteiger partial charge >= 0.3 is 0 Å². The average Bonchev–Trinajstić information content (AvgIpc) is 2.74. The summed E-state index contributed by atoms with van der Waals surface area (Å²) in [6.45, 7) is 5.81. The molecule has 1 heterocycles. The maximum atomic E-state index is 11.7. The Morgan fingerprint density at radius 3 is 2.50 bits per heavy atom. The van der Waals surface area contributed by atoms with Crippen LogP contribution in [0.5, 0.6) is 0 Å². The maximum absolute atomic E-state index is 11.7. The lowest BCUT2D eigenvalue weighted by molar-refractivity contribution is -0.297. The Morgan fingerprint density at radius 1 is 1.28 bits per heavy atom. The predicted molar refractivity (Wildman–Crippen MR) is 67.2 cm³/mol. The SMILES string of the molecule is CN[C@]12CC(=O)C[C@H]1CC1(C2)OCC(C)(C)CO1. The fourth-order valence-corrected chi connectivity index (χ4v) is 3.78. The van der Waals surface area contributed by atoms with Gasteiger partial charge < -0.3 is 14.8 Å². The second kappa shape index (κ2) is 3.78. The van der Waals surface area contributed by atoms with Crippen LogP contribution in [0, 0.1) is 11.3 Å². The normalized spacial score (nSPS) is 41.3. The number of Topliss-reactive ketones (excluding diaryl/α,β-unsaturated/α-hetero) is 1. The summed E-state index contributed by atoms with van der Waals surface area (Å²) in [7, 11) is 1.96. The van der Waals surface area contributed by atoms with Crippen LogP contribution >= 0.6 is 0 Å². The zero-order valence-electron chi connectivity index (χ0n) is 11.5. The standard InChI is InChI=1S/C14H23NO3/c1-12(2)8-17-14(18-9-12)5-10-4-11(16)6-13(10,7-14)15-3/h10,15H,4-9H2,1-3H3/t10-,13-/m0/s1. The van der Waals surface area contributed by atoms with Gasteiger partial charge in [-0.2, -0.15) is 0 Å². The van der Waals surface area contributed by atoms with Crippen LogP contribution in [0.1, 0.15) is 39.5 Å². The number of carbonyl (C=O) groups is 1. The Balaban J connectivity index is 1.78. The third-order valence-electron chi connectivity index (χ3n) is 4.86. The van der Waals surface area contributed by atoms with E-state index in [0.29, 0.717) is 24.5 Å². The van der Waals surface area contributed by atoms with E-state index < -0.39 is 5.79 Å². The van der Waals surface area contributed by atoms with Gasteiger partial charge in [0.05, 0.1) is 13.2 Å². The highest BCUT2D eigenvalue weighted by molar-refractivity contribution is 5.83. The molecule has 0 aromatic heterocycles. The number of fused-ring (bicyclic) bond motifs is 1. The van der Waals surface area contributed by atoms with Crippen molar-refractivity contribution >= 4 is 5.78 Å². The van der Waals surface area contributed by atoms with Crippen LogP contribution in [0.15, 0.2) is 0 Å². The number of hydrogen-bond acceptors (Lipinski definition) is 4. The maximum Gasteiger partial charge on any atom is 0.170 e. The lowest BCUT2D eigenvalue weighted by atomic mass is 9.90. The molecular formula is C14H23NO3. The van der Waals surface area contributed by atoms with Crippen LogP contribution < -0.4 is 5.32 Å². The molecule has 3 fully saturated rings. The van der Waals surface area contributed by atoms with Crippen molar-refractivity contribution in [2.24, 2.45) is 11.3 Å². The molecule has 0 aromatic rings. The molecule has 1 spiro atoms. The molecule has 4 nitrogen and oxygen atoms in total. The van der Waals surface area contributed by atoms with E-state index in [0.717, 1.165) is 26.1 Å². The van der Waals surface area contributed by atoms with Gasteiger partial charge in [0.1, 0.15) is 5.78 Å². The lowest BCUT2D eigenvalue weighted by Gasteiger charge is -2.42. The van der Waals surface area contributed by atoms with Crippen molar-refractivity contribution in [1.82, 2.24) is 5.32 Å². The molecular weight excluding hydrogens is 230 g/mol. The van der Waals surface area contributed by atoms with Crippen LogP contribution in [-0.4, -0.2) is 37.4 Å². The van der Waals surface area contributed by atoms with E-state index in [1.807, 2.05) is 7.05 Å². The van der Waals surface area contributed by atoms with Gasteiger partial charge in [0.25, 0.3) is 0 Å². The topological polar surface area (TPSA) is 47.6 Å². The third kappa shape index (κ3) is 1.82. The first-order valence-corrected chi connectivity index (χ1v) is 6.87. The molecule has 2 saturated carbocycles. The monoisotopic (exact) mass is 253 g/mol. The summed E-state index contributed by atoms with van der Waals surface area (Å²) < 4.78 is 12.1. The van der Waals surface area contributed by atoms with E-state index in [1.165, 1.54) is 0 Å². The highest BCUT2D eigenvalue weighted by atomic mass is 16.7. The molecule has 1 saturated heterocycles. The fraction of sp³-hybridized carbons (Fsp3) is 0.929. The summed E-state index contributed by atoms with van der Waals surface area (Å²) in [5.41, 5.74) is 0.0180. The molecule has 1 N–H and O–H groups in total. The van der Waals surface area contributed by atoms with E-state index in [-0.39, 0.29) is 11.0 Å². The molecule has 0 unspecified atom stereocenters. The van der Waals surface area contributed by atoms with Gasteiger partial charge in [-0.25, -0.2) is 0 Å². The summed E-state index contributed by atoms with van der Waals surface area (Å²) in [4.78, 5) is 11.7. The smallest absolute Gasteiger partial charge is 0.170 e. The number of rotatable bonds is 1. The first-order valence-electron chi connectivity index (χ1n) is 6.87. The van der Waals surface area contributed by atoms with Crippen LogP contribution in [-0.2, 0) is 14.3 Å². The summed E-state index contributed by atoms with van der Waals surface area (Å²) in [6.07, 6.45) is 2.98. The Bertz CT molecular complexity index is 369. The summed E-state index contributed by atoms with van der Waals surface area (Å²) in [5.74, 6) is 0.306. The van der Waals surface area contributed by atoms with Gasteiger partial charge in [0, 0.05) is 36.6 Å². The van der Waals surface area contributed by atoms with Crippen molar-refractivity contribution in [2.45, 2.75) is 50.9 Å². The van der Waals surface area contributed by atoms with Crippen LogP contribution in [0.2, 0.25) is 0 Å². The number of hydrogen-bond donors (Lipinski definition) is 1. The van der Waals surface area contributed by atoms with Crippen LogP contribution in [0.4, 0.5) is 0 Å². The molecule has 2 aliphatic carbocycles. The molecule has 0 bridgehead atoms. The quantitative estimate of drug-likeness (QED) is 0.769. The third-order valence-corrected chi connectivity index (χ3v) is 4.86. The van der Waals surface area contributed by atoms with E-state index in [1.54, 1.807) is 0 Å². The summed E-state index contributed by atoms with van der Waals surface area (Å²) in [5, 5.41) is 3.38. The zero-order chi connectivity index (χ0) is 13.0. The zero-order valence-corrected chi connectivity index (χ0v) is 11.5. The van der Waals surface area contributed by atoms with Crippen LogP contribution in [0.25, 0.3) is 0 Å². The van der Waals surface area contributed by atoms with E-state index in [4.69, 9.17) is 9.47 Å². The molecule has 2 atom stereocenters. The fourth-order valence-electron chi connectivity index (χ4n) is 3.78. The number of ketones is 1. The number of nitrogens with one attached hydrogen (secondary N) is 1. The highest BCUT2D eigenvalue weighted by Crippen LogP contribution is 2.53. The lowest BCUT2D eigenvalue weighted by Crippen LogP contribution is -2.49. The van der Waals surface area contributed by atoms with Crippen molar-refractivity contribution in [3.8, 4) is 0 Å². The molecule has 3 aliphatic rings. The second-order valence-corrected chi connectivity index (χ2v) is 7.06. The minimum Gasteiger partial charge on any atom is -0.349 e. The van der Waals surface area contributed by atoms with Gasteiger partial charge in [-0.1, -0.05) is 13.8 Å². The van der Waals surface area contributed by atoms with Gasteiger partial charge in [-0.15, -0.1) is 0 Å². The van der Waals surface area contributed by atoms with Gasteiger partial charge in [0.2, 0.25) is 0 Å². The molecule has 0 amide bonds. The van der Waals surface area contributed by atoms with Crippen molar-refractivity contribution in [1.29, 1.82) is 0 Å². The Morgan fingerprint density at radius 2 is 1.94 bits per heavy atom. The molecule has 18 heavy (non-hydrogen) atoms. The molecule has 102 valence electrons. The van der Waals surface area contributed by atoms with Gasteiger partial charge in [-0.3, -0.25) is 4.79 Å². The molecule has 3 rings (SSSR count). The van der Waals surface area contributed by atoms with Gasteiger partial charge in [0.15, 0.2) is 5.79 Å². The first-order chi connectivity index (χ1) is 8.39. The van der Waals surface area contributed by atoms with Crippen molar-refractivity contribution in [2.75, 3.05) is 20.3 Å². The average molecular weight is 253 g/mol. The van der Waals surface area contributed by atoms with Gasteiger partial charge in [-0.05, 0) is 13.0 Å². The number of carbonyl (C=O) groups excluding carboxylic acids is 1. The summed E-state index contributed by atoms with van der Waals surface area (Å²) in [6, 6.07) is 0. The largest absolute Gasteiger partial charge is 0.349 e. The van der Waals surface area contributed by atoms with Crippen LogP contribution in [0.3, 0.4) is 0 Å². The molecule has 1 aliphatic heterocycles. The Labute approximate surface area is 108 Å². The first kappa shape index (κ1) is 12.6. The van der Waals surface area contributed by atoms with E-state index in [2.05, 4.69) is 19.2 Å². The van der Waals surface area contributed by atoms with E-state index >= 15 is 0 Å². The minimum absolute atomic E-state index is 0.0848. The van der Waals surface area contributed by atoms with E-state index in [9.17, 15) is 4.79 Å². The highest BCUT2D eigenvalue weighted by Gasteiger charge is 2.61. The minimum atomic E-state index is -0.441. The van der Waals surface area contributed by atoms with Crippen molar-refractivity contribution < 1.29 is 14.3 Å². The second-order valence-electron chi connectivity index (χ2n) is 7.06. The molecule has 4 heteroatoms. The molecule has 0 radical (unpaired) electrons. The van der Waals surface area contributed by atoms with Crippen molar-refractivity contribution in [3.63, 3.8) is 0 Å². The predicted octanol–water partition coefficient (Wildman–Crippen LogP) is 1.49.